The number of hydrogen-bond donors (Lipinski definition) is 3. The maximum absolute atomic E-state index is 5.24. The summed E-state index contributed by atoms with van der Waals surface area (Å²) in [5.41, 5.74) is 11.0. The van der Waals surface area contributed by atoms with Crippen LogP contribution in [-0.2, 0) is 0 Å². The average molecular weight is 301 g/mol. The molecule has 5 nitrogen and oxygen atoms in total. The lowest BCUT2D eigenvalue weighted by molar-refractivity contribution is 0.991. The predicted molar refractivity (Wildman–Crippen MR) is 90.4 cm³/mol. The minimum atomic E-state index is 0.459. The number of aromatic nitrogens is 2. The van der Waals surface area contributed by atoms with Gasteiger partial charge in [0, 0.05) is 17.1 Å². The molecule has 0 aliphatic carbocycles. The van der Waals surface area contributed by atoms with E-state index in [0.29, 0.717) is 11.1 Å². The highest BCUT2D eigenvalue weighted by Crippen LogP contribution is 2.13. The maximum Gasteiger partial charge on any atom is 0.242 e. The number of hydrogen-bond acceptors (Lipinski definition) is 4. The molecule has 0 saturated carbocycles. The molecule has 0 bridgehead atoms. The molecular formula is C15H19N5S. The number of anilines is 2. The molecule has 1 aromatic heterocycles. The van der Waals surface area contributed by atoms with Crippen molar-refractivity contribution >= 4 is 29.0 Å². The maximum atomic E-state index is 5.24. The molecule has 21 heavy (non-hydrogen) atoms. The summed E-state index contributed by atoms with van der Waals surface area (Å²) in [6, 6.07) is 8.01. The predicted octanol–water partition coefficient (Wildman–Crippen LogP) is 3.02. The summed E-state index contributed by atoms with van der Waals surface area (Å²) in [7, 11) is 0. The van der Waals surface area contributed by atoms with Crippen LogP contribution in [0.25, 0.3) is 0 Å². The van der Waals surface area contributed by atoms with E-state index in [1.807, 2.05) is 26.0 Å². The molecule has 0 radical (unpaired) electrons. The van der Waals surface area contributed by atoms with Crippen molar-refractivity contribution in [2.45, 2.75) is 27.7 Å². The molecule has 1 heterocycles. The topological polar surface area (TPSA) is 61.9 Å². The van der Waals surface area contributed by atoms with Crippen LogP contribution in [0.5, 0.6) is 0 Å². The van der Waals surface area contributed by atoms with E-state index in [9.17, 15) is 0 Å². The monoisotopic (exact) mass is 301 g/mol. The normalized spacial score (nSPS) is 10.1. The molecule has 0 aliphatic rings. The van der Waals surface area contributed by atoms with E-state index in [-0.39, 0.29) is 0 Å². The van der Waals surface area contributed by atoms with Crippen molar-refractivity contribution in [2.24, 2.45) is 0 Å². The van der Waals surface area contributed by atoms with Crippen LogP contribution in [0.2, 0.25) is 0 Å². The average Bonchev–Trinajstić information content (AvgIpc) is 2.40. The number of hydrazine groups is 1. The standard InChI is InChI=1S/C15H19N5S/c1-9-5-6-13(7-10(9)2)18-15(21)20-19-14-16-11(3)8-12(4)17-14/h5-8H,1-4H3,(H,16,17,19)(H2,18,20,21). The molecule has 0 saturated heterocycles. The Morgan fingerprint density at radius 1 is 0.952 bits per heavy atom. The van der Waals surface area contributed by atoms with Crippen molar-refractivity contribution in [1.29, 1.82) is 0 Å². The molecule has 0 unspecified atom stereocenters. The molecular weight excluding hydrogens is 282 g/mol. The van der Waals surface area contributed by atoms with Crippen LogP contribution in [0.3, 0.4) is 0 Å². The summed E-state index contributed by atoms with van der Waals surface area (Å²) in [6.07, 6.45) is 0. The Labute approximate surface area is 130 Å². The highest BCUT2D eigenvalue weighted by Gasteiger charge is 2.02. The fourth-order valence-corrected chi connectivity index (χ4v) is 2.04. The van der Waals surface area contributed by atoms with E-state index in [4.69, 9.17) is 12.2 Å². The summed E-state index contributed by atoms with van der Waals surface area (Å²) in [5.74, 6) is 0.497. The van der Waals surface area contributed by atoms with Crippen LogP contribution in [-0.4, -0.2) is 15.1 Å². The quantitative estimate of drug-likeness (QED) is 0.598. The fraction of sp³-hybridized carbons (Fsp3) is 0.267. The zero-order valence-corrected chi connectivity index (χ0v) is 13.4. The second-order valence-electron chi connectivity index (χ2n) is 4.98. The van der Waals surface area contributed by atoms with Gasteiger partial charge in [0.1, 0.15) is 0 Å². The van der Waals surface area contributed by atoms with Crippen LogP contribution >= 0.6 is 12.2 Å². The Kier molecular flexibility index (Phi) is 4.70. The van der Waals surface area contributed by atoms with Gasteiger partial charge >= 0.3 is 0 Å². The molecule has 3 N–H and O–H groups in total. The lowest BCUT2D eigenvalue weighted by Gasteiger charge is -2.13. The molecule has 2 rings (SSSR count). The van der Waals surface area contributed by atoms with Crippen molar-refractivity contribution in [1.82, 2.24) is 15.4 Å². The second-order valence-corrected chi connectivity index (χ2v) is 5.39. The Morgan fingerprint density at radius 2 is 1.62 bits per heavy atom. The third kappa shape index (κ3) is 4.39. The Balaban J connectivity index is 1.94. The van der Waals surface area contributed by atoms with E-state index in [0.717, 1.165) is 17.1 Å². The number of rotatable bonds is 3. The van der Waals surface area contributed by atoms with Gasteiger partial charge in [-0.25, -0.2) is 9.97 Å². The summed E-state index contributed by atoms with van der Waals surface area (Å²) in [6.45, 7) is 7.99. The van der Waals surface area contributed by atoms with Gasteiger partial charge in [-0.3, -0.25) is 10.9 Å². The van der Waals surface area contributed by atoms with Crippen LogP contribution in [0.15, 0.2) is 24.3 Å². The lowest BCUT2D eigenvalue weighted by Crippen LogP contribution is -2.34. The Bertz CT molecular complexity index is 649. The summed E-state index contributed by atoms with van der Waals surface area (Å²) in [5, 5.41) is 3.57. The molecule has 6 heteroatoms. The largest absolute Gasteiger partial charge is 0.331 e. The van der Waals surface area contributed by atoms with Gasteiger partial charge in [-0.15, -0.1) is 0 Å². The molecule has 0 aliphatic heterocycles. The van der Waals surface area contributed by atoms with Gasteiger partial charge in [0.2, 0.25) is 5.95 Å². The smallest absolute Gasteiger partial charge is 0.242 e. The van der Waals surface area contributed by atoms with Crippen molar-refractivity contribution in [3.8, 4) is 0 Å². The first-order chi connectivity index (χ1) is 9.94. The molecule has 0 amide bonds. The number of aryl methyl sites for hydroxylation is 4. The highest BCUT2D eigenvalue weighted by molar-refractivity contribution is 7.80. The van der Waals surface area contributed by atoms with E-state index in [2.05, 4.69) is 52.1 Å². The first kappa shape index (κ1) is 15.2. The second kappa shape index (κ2) is 6.49. The third-order valence-electron chi connectivity index (χ3n) is 3.03. The van der Waals surface area contributed by atoms with Gasteiger partial charge in [-0.1, -0.05) is 6.07 Å². The van der Waals surface area contributed by atoms with Crippen molar-refractivity contribution in [2.75, 3.05) is 10.7 Å². The first-order valence-electron chi connectivity index (χ1n) is 6.66. The van der Waals surface area contributed by atoms with Crippen molar-refractivity contribution < 1.29 is 0 Å². The van der Waals surface area contributed by atoms with E-state index < -0.39 is 0 Å². The van der Waals surface area contributed by atoms with Crippen molar-refractivity contribution in [3.05, 3.63) is 46.8 Å². The number of thiocarbonyl (C=S) groups is 1. The van der Waals surface area contributed by atoms with Crippen LogP contribution in [0.1, 0.15) is 22.5 Å². The zero-order valence-electron chi connectivity index (χ0n) is 12.6. The Hall–Kier alpha value is -2.21. The molecule has 110 valence electrons. The minimum absolute atomic E-state index is 0.459. The molecule has 0 fully saturated rings. The number of benzene rings is 1. The number of nitrogens with zero attached hydrogens (tertiary/aromatic N) is 2. The summed E-state index contributed by atoms with van der Waals surface area (Å²) >= 11 is 5.24. The third-order valence-corrected chi connectivity index (χ3v) is 3.24. The SMILES string of the molecule is Cc1cc(C)nc(NNC(=S)Nc2ccc(C)c(C)c2)n1. The van der Waals surface area contributed by atoms with Gasteiger partial charge in [-0.05, 0) is 69.2 Å². The van der Waals surface area contributed by atoms with E-state index in [1.54, 1.807) is 0 Å². The van der Waals surface area contributed by atoms with Crippen LogP contribution < -0.4 is 16.2 Å². The van der Waals surface area contributed by atoms with Crippen LogP contribution in [0.4, 0.5) is 11.6 Å². The highest BCUT2D eigenvalue weighted by atomic mass is 32.1. The summed E-state index contributed by atoms with van der Waals surface area (Å²) in [4.78, 5) is 8.53. The number of nitrogens with one attached hydrogen (secondary N) is 3. The Morgan fingerprint density at radius 3 is 2.24 bits per heavy atom. The molecule has 1 aromatic carbocycles. The summed E-state index contributed by atoms with van der Waals surface area (Å²) < 4.78 is 0. The van der Waals surface area contributed by atoms with Gasteiger partial charge < -0.3 is 5.32 Å². The van der Waals surface area contributed by atoms with Gasteiger partial charge in [0.15, 0.2) is 5.11 Å². The van der Waals surface area contributed by atoms with Gasteiger partial charge in [0.25, 0.3) is 0 Å². The molecule has 2 aromatic rings. The first-order valence-corrected chi connectivity index (χ1v) is 7.07. The van der Waals surface area contributed by atoms with E-state index >= 15 is 0 Å². The zero-order chi connectivity index (χ0) is 15.4. The molecule has 0 atom stereocenters. The van der Waals surface area contributed by atoms with E-state index in [1.165, 1.54) is 11.1 Å². The molecule has 0 spiro atoms. The van der Waals surface area contributed by atoms with Gasteiger partial charge in [-0.2, -0.15) is 0 Å². The van der Waals surface area contributed by atoms with Crippen molar-refractivity contribution in [3.63, 3.8) is 0 Å². The minimum Gasteiger partial charge on any atom is -0.331 e. The van der Waals surface area contributed by atoms with Gasteiger partial charge in [0.05, 0.1) is 0 Å². The fourth-order valence-electron chi connectivity index (χ4n) is 1.88. The lowest BCUT2D eigenvalue weighted by atomic mass is 10.1. The van der Waals surface area contributed by atoms with Crippen LogP contribution in [0, 0.1) is 27.7 Å².